The Kier molecular flexibility index (Phi) is 5.11. The van der Waals surface area contributed by atoms with Crippen LogP contribution in [0.2, 0.25) is 10.0 Å². The fourth-order valence-corrected chi connectivity index (χ4v) is 2.92. The molecule has 0 aliphatic heterocycles. The minimum Gasteiger partial charge on any atom is -0.321 e. The van der Waals surface area contributed by atoms with Gasteiger partial charge < -0.3 is 5.32 Å². The van der Waals surface area contributed by atoms with Crippen molar-refractivity contribution in [2.75, 3.05) is 5.32 Å². The van der Waals surface area contributed by atoms with Crippen LogP contribution in [0.5, 0.6) is 0 Å². The van der Waals surface area contributed by atoms with Crippen molar-refractivity contribution in [2.45, 2.75) is 26.9 Å². The highest BCUT2D eigenvalue weighted by Crippen LogP contribution is 2.22. The smallest absolute Gasteiger partial charge is 0.246 e. The highest BCUT2D eigenvalue weighted by molar-refractivity contribution is 6.31. The van der Waals surface area contributed by atoms with Crippen molar-refractivity contribution in [1.29, 1.82) is 0 Å². The summed E-state index contributed by atoms with van der Waals surface area (Å²) < 4.78 is 3.31. The van der Waals surface area contributed by atoms with Crippen molar-refractivity contribution < 1.29 is 4.79 Å². The van der Waals surface area contributed by atoms with Gasteiger partial charge >= 0.3 is 0 Å². The molecule has 2 aromatic heterocycles. The molecule has 130 valence electrons. The number of hydrogen-bond acceptors (Lipinski definition) is 3. The van der Waals surface area contributed by atoms with Gasteiger partial charge in [0.1, 0.15) is 6.54 Å². The van der Waals surface area contributed by atoms with E-state index in [4.69, 9.17) is 23.2 Å². The summed E-state index contributed by atoms with van der Waals surface area (Å²) in [6.45, 7) is 4.39. The van der Waals surface area contributed by atoms with Crippen molar-refractivity contribution in [1.82, 2.24) is 19.6 Å². The van der Waals surface area contributed by atoms with Crippen molar-refractivity contribution >= 4 is 34.8 Å². The van der Waals surface area contributed by atoms with E-state index in [9.17, 15) is 4.79 Å². The van der Waals surface area contributed by atoms with Crippen molar-refractivity contribution in [3.63, 3.8) is 0 Å². The average molecular weight is 378 g/mol. The molecule has 1 aromatic carbocycles. The topological polar surface area (TPSA) is 64.7 Å². The normalized spacial score (nSPS) is 10.9. The van der Waals surface area contributed by atoms with Gasteiger partial charge in [0.2, 0.25) is 5.91 Å². The Bertz CT molecular complexity index is 916. The molecule has 8 heteroatoms. The SMILES string of the molecule is Cc1nn(Cc2ccccc2Cl)c(C)c1NC(=O)Cn1cc(Cl)cn1. The second-order valence-electron chi connectivity index (χ2n) is 5.70. The van der Waals surface area contributed by atoms with E-state index in [2.05, 4.69) is 15.5 Å². The predicted octanol–water partition coefficient (Wildman–Crippen LogP) is 3.69. The number of hydrogen-bond donors (Lipinski definition) is 1. The summed E-state index contributed by atoms with van der Waals surface area (Å²) in [6.07, 6.45) is 3.09. The van der Waals surface area contributed by atoms with Gasteiger partial charge in [0, 0.05) is 11.2 Å². The molecule has 0 aliphatic rings. The fourth-order valence-electron chi connectivity index (χ4n) is 2.57. The Balaban J connectivity index is 1.75. The minimum atomic E-state index is -0.191. The Labute approximate surface area is 155 Å². The minimum absolute atomic E-state index is 0.0846. The molecule has 25 heavy (non-hydrogen) atoms. The molecular weight excluding hydrogens is 361 g/mol. The van der Waals surface area contributed by atoms with Crippen LogP contribution < -0.4 is 5.32 Å². The average Bonchev–Trinajstić information content (AvgIpc) is 3.08. The number of amides is 1. The zero-order valence-corrected chi connectivity index (χ0v) is 15.3. The number of aryl methyl sites for hydroxylation is 1. The first-order valence-electron chi connectivity index (χ1n) is 7.69. The molecule has 1 N–H and O–H groups in total. The molecule has 0 spiro atoms. The standard InChI is InChI=1S/C17H17Cl2N5O/c1-11-17(21-16(25)10-23-9-14(18)7-20-23)12(2)24(22-11)8-13-5-3-4-6-15(13)19/h3-7,9H,8,10H2,1-2H3,(H,21,25). The van der Waals surface area contributed by atoms with E-state index in [1.165, 1.54) is 10.9 Å². The third-order valence-electron chi connectivity index (χ3n) is 3.83. The Hall–Kier alpha value is -2.31. The fraction of sp³-hybridized carbons (Fsp3) is 0.235. The number of carbonyl (C=O) groups excluding carboxylic acids is 1. The van der Waals surface area contributed by atoms with Crippen LogP contribution in [0.3, 0.4) is 0 Å². The highest BCUT2D eigenvalue weighted by atomic mass is 35.5. The number of aromatic nitrogens is 4. The quantitative estimate of drug-likeness (QED) is 0.737. The molecule has 0 unspecified atom stereocenters. The Morgan fingerprint density at radius 3 is 2.68 bits per heavy atom. The molecule has 6 nitrogen and oxygen atoms in total. The molecule has 0 saturated heterocycles. The first kappa shape index (κ1) is 17.5. The van der Waals surface area contributed by atoms with Crippen LogP contribution in [0, 0.1) is 13.8 Å². The maximum Gasteiger partial charge on any atom is 0.246 e. The number of halogens is 2. The second kappa shape index (κ2) is 7.29. The van der Waals surface area contributed by atoms with E-state index in [0.717, 1.165) is 17.0 Å². The summed E-state index contributed by atoms with van der Waals surface area (Å²) in [5, 5.41) is 12.6. The van der Waals surface area contributed by atoms with Gasteiger partial charge in [-0.1, -0.05) is 41.4 Å². The summed E-state index contributed by atoms with van der Waals surface area (Å²) in [4.78, 5) is 12.2. The molecule has 2 heterocycles. The number of carbonyl (C=O) groups is 1. The van der Waals surface area contributed by atoms with E-state index in [1.54, 1.807) is 6.20 Å². The van der Waals surface area contributed by atoms with E-state index in [-0.39, 0.29) is 12.5 Å². The molecule has 0 saturated carbocycles. The molecule has 0 fully saturated rings. The number of anilines is 1. The summed E-state index contributed by atoms with van der Waals surface area (Å²) >= 11 is 12.0. The molecular formula is C17H17Cl2N5O. The molecule has 3 aromatic rings. The van der Waals surface area contributed by atoms with Crippen LogP contribution >= 0.6 is 23.2 Å². The molecule has 0 radical (unpaired) electrons. The van der Waals surface area contributed by atoms with Gasteiger partial charge in [-0.25, -0.2) is 0 Å². The predicted molar refractivity (Wildman–Crippen MR) is 98.1 cm³/mol. The third kappa shape index (κ3) is 4.03. The Morgan fingerprint density at radius 1 is 1.24 bits per heavy atom. The van der Waals surface area contributed by atoms with Gasteiger partial charge in [-0.2, -0.15) is 10.2 Å². The zero-order chi connectivity index (χ0) is 18.0. The van der Waals surface area contributed by atoms with Gasteiger partial charge in [-0.05, 0) is 25.5 Å². The largest absolute Gasteiger partial charge is 0.321 e. The van der Waals surface area contributed by atoms with E-state index in [0.29, 0.717) is 22.3 Å². The molecule has 0 aliphatic carbocycles. The Morgan fingerprint density at radius 2 is 2.00 bits per heavy atom. The first-order valence-corrected chi connectivity index (χ1v) is 8.45. The lowest BCUT2D eigenvalue weighted by Crippen LogP contribution is -2.19. The van der Waals surface area contributed by atoms with Crippen molar-refractivity contribution in [2.24, 2.45) is 0 Å². The van der Waals surface area contributed by atoms with Crippen molar-refractivity contribution in [3.05, 3.63) is 63.7 Å². The van der Waals surface area contributed by atoms with E-state index >= 15 is 0 Å². The van der Waals surface area contributed by atoms with Gasteiger partial charge in [-0.3, -0.25) is 14.2 Å². The first-order chi connectivity index (χ1) is 11.9. The van der Waals surface area contributed by atoms with Crippen molar-refractivity contribution in [3.8, 4) is 0 Å². The summed E-state index contributed by atoms with van der Waals surface area (Å²) in [5.41, 5.74) is 3.29. The van der Waals surface area contributed by atoms with Gasteiger partial charge in [0.15, 0.2) is 0 Å². The molecule has 1 amide bonds. The van der Waals surface area contributed by atoms with E-state index < -0.39 is 0 Å². The number of rotatable bonds is 5. The van der Waals surface area contributed by atoms with Crippen LogP contribution in [0.1, 0.15) is 17.0 Å². The van der Waals surface area contributed by atoms with E-state index in [1.807, 2.05) is 42.8 Å². The number of nitrogens with zero attached hydrogens (tertiary/aromatic N) is 4. The highest BCUT2D eigenvalue weighted by Gasteiger charge is 2.15. The lowest BCUT2D eigenvalue weighted by atomic mass is 10.2. The maximum absolute atomic E-state index is 12.2. The maximum atomic E-state index is 12.2. The number of benzene rings is 1. The van der Waals surface area contributed by atoms with Crippen LogP contribution in [0.25, 0.3) is 0 Å². The summed E-state index contributed by atoms with van der Waals surface area (Å²) in [6, 6.07) is 7.63. The summed E-state index contributed by atoms with van der Waals surface area (Å²) in [7, 11) is 0. The van der Waals surface area contributed by atoms with Gasteiger partial charge in [-0.15, -0.1) is 0 Å². The molecule has 0 atom stereocenters. The lowest BCUT2D eigenvalue weighted by molar-refractivity contribution is -0.116. The van der Waals surface area contributed by atoms with Crippen LogP contribution in [-0.4, -0.2) is 25.5 Å². The van der Waals surface area contributed by atoms with Crippen LogP contribution in [0.4, 0.5) is 5.69 Å². The molecule has 0 bridgehead atoms. The summed E-state index contributed by atoms with van der Waals surface area (Å²) in [5.74, 6) is -0.191. The second-order valence-corrected chi connectivity index (χ2v) is 6.54. The van der Waals surface area contributed by atoms with Gasteiger partial charge in [0.05, 0.1) is 34.8 Å². The lowest BCUT2D eigenvalue weighted by Gasteiger charge is -2.08. The third-order valence-corrected chi connectivity index (χ3v) is 4.40. The van der Waals surface area contributed by atoms with Crippen LogP contribution in [0.15, 0.2) is 36.7 Å². The monoisotopic (exact) mass is 377 g/mol. The molecule has 3 rings (SSSR count). The van der Waals surface area contributed by atoms with Gasteiger partial charge in [0.25, 0.3) is 0 Å². The van der Waals surface area contributed by atoms with Crippen LogP contribution in [-0.2, 0) is 17.9 Å². The zero-order valence-electron chi connectivity index (χ0n) is 13.8. The number of nitrogens with one attached hydrogen (secondary N) is 1.